The number of nitrogens with two attached hydrogens (primary N) is 1. The lowest BCUT2D eigenvalue weighted by Crippen LogP contribution is -2.12. The maximum Gasteiger partial charge on any atom is 0.252 e. The van der Waals surface area contributed by atoms with Crippen LogP contribution >= 0.6 is 0 Å². The first kappa shape index (κ1) is 13.0. The summed E-state index contributed by atoms with van der Waals surface area (Å²) in [7, 11) is 1.38. The zero-order chi connectivity index (χ0) is 13.0. The van der Waals surface area contributed by atoms with Crippen LogP contribution < -0.4 is 10.5 Å². The third-order valence-corrected chi connectivity index (χ3v) is 2.39. The number of aryl methyl sites for hydroxylation is 1. The Morgan fingerprint density at radius 2 is 2.06 bits per heavy atom. The molecule has 0 aliphatic heterocycles. The second-order valence-corrected chi connectivity index (χ2v) is 3.76. The van der Waals surface area contributed by atoms with Gasteiger partial charge in [0.25, 0.3) is 5.91 Å². The van der Waals surface area contributed by atoms with E-state index in [-0.39, 0.29) is 22.8 Å². The van der Waals surface area contributed by atoms with Gasteiger partial charge in [-0.05, 0) is 31.0 Å². The van der Waals surface area contributed by atoms with Gasteiger partial charge in [0.1, 0.15) is 5.78 Å². The summed E-state index contributed by atoms with van der Waals surface area (Å²) in [4.78, 5) is 22.0. The second-order valence-electron chi connectivity index (χ2n) is 3.76. The van der Waals surface area contributed by atoms with Crippen LogP contribution in [0.1, 0.15) is 29.3 Å². The van der Waals surface area contributed by atoms with Gasteiger partial charge in [-0.25, -0.2) is 0 Å². The van der Waals surface area contributed by atoms with Gasteiger partial charge in [-0.1, -0.05) is 0 Å². The van der Waals surface area contributed by atoms with Gasteiger partial charge in [0.15, 0.2) is 11.5 Å². The fourth-order valence-corrected chi connectivity index (χ4v) is 1.47. The average molecular weight is 237 g/mol. The molecule has 5 nitrogen and oxygen atoms in total. The fourth-order valence-electron chi connectivity index (χ4n) is 1.47. The van der Waals surface area contributed by atoms with Crippen LogP contribution in [-0.4, -0.2) is 23.9 Å². The summed E-state index contributed by atoms with van der Waals surface area (Å²) in [6.07, 6.45) is 0.846. The number of phenols is 1. The SMILES string of the molecule is COc1cc(CCC(C)=O)cc(C(N)=O)c1O. The molecular weight excluding hydrogens is 222 g/mol. The number of methoxy groups -OCH3 is 1. The highest BCUT2D eigenvalue weighted by Crippen LogP contribution is 2.31. The molecule has 17 heavy (non-hydrogen) atoms. The summed E-state index contributed by atoms with van der Waals surface area (Å²) in [6.45, 7) is 1.49. The van der Waals surface area contributed by atoms with E-state index in [1.54, 1.807) is 6.07 Å². The van der Waals surface area contributed by atoms with Gasteiger partial charge in [-0.2, -0.15) is 0 Å². The number of Topliss-reactive ketones (excluding diaryl/α,β-unsaturated/α-hetero) is 1. The summed E-state index contributed by atoms with van der Waals surface area (Å²) >= 11 is 0. The Bertz CT molecular complexity index is 454. The summed E-state index contributed by atoms with van der Waals surface area (Å²) in [6, 6.07) is 3.06. The Labute approximate surface area is 99.2 Å². The Morgan fingerprint density at radius 3 is 2.53 bits per heavy atom. The Hall–Kier alpha value is -2.04. The fraction of sp³-hybridized carbons (Fsp3) is 0.333. The van der Waals surface area contributed by atoms with E-state index in [4.69, 9.17) is 10.5 Å². The van der Waals surface area contributed by atoms with Gasteiger partial charge in [-0.15, -0.1) is 0 Å². The molecule has 0 bridgehead atoms. The van der Waals surface area contributed by atoms with Crippen LogP contribution in [0.3, 0.4) is 0 Å². The van der Waals surface area contributed by atoms with Crippen molar-refractivity contribution in [3.8, 4) is 11.5 Å². The molecule has 92 valence electrons. The predicted octanol–water partition coefficient (Wildman–Crippen LogP) is 1.02. The smallest absolute Gasteiger partial charge is 0.252 e. The molecule has 0 aromatic heterocycles. The number of carbonyl (C=O) groups is 2. The number of aromatic hydroxyl groups is 1. The standard InChI is InChI=1S/C12H15NO4/c1-7(14)3-4-8-5-9(12(13)16)11(15)10(6-8)17-2/h5-6,15H,3-4H2,1-2H3,(H2,13,16). The van der Waals surface area contributed by atoms with E-state index in [2.05, 4.69) is 0 Å². The van der Waals surface area contributed by atoms with Gasteiger partial charge in [0.05, 0.1) is 12.7 Å². The number of carbonyl (C=O) groups excluding carboxylic acids is 2. The van der Waals surface area contributed by atoms with Crippen molar-refractivity contribution in [2.45, 2.75) is 19.8 Å². The number of hydrogen-bond acceptors (Lipinski definition) is 4. The maximum absolute atomic E-state index is 11.1. The minimum absolute atomic E-state index is 0.00269. The second kappa shape index (κ2) is 5.34. The van der Waals surface area contributed by atoms with Crippen molar-refractivity contribution in [3.63, 3.8) is 0 Å². The molecule has 0 atom stereocenters. The van der Waals surface area contributed by atoms with E-state index in [0.29, 0.717) is 12.8 Å². The molecule has 1 aromatic carbocycles. The summed E-state index contributed by atoms with van der Waals surface area (Å²) in [5.74, 6) is -0.769. The number of rotatable bonds is 5. The van der Waals surface area contributed by atoms with Crippen molar-refractivity contribution in [2.24, 2.45) is 5.73 Å². The van der Waals surface area contributed by atoms with Crippen molar-refractivity contribution in [1.29, 1.82) is 0 Å². The van der Waals surface area contributed by atoms with Gasteiger partial charge >= 0.3 is 0 Å². The Morgan fingerprint density at radius 1 is 1.41 bits per heavy atom. The number of ether oxygens (including phenoxy) is 1. The summed E-state index contributed by atoms with van der Waals surface area (Å²) < 4.78 is 4.94. The van der Waals surface area contributed by atoms with Crippen LogP contribution in [0, 0.1) is 0 Å². The number of amides is 1. The monoisotopic (exact) mass is 237 g/mol. The zero-order valence-electron chi connectivity index (χ0n) is 9.82. The van der Waals surface area contributed by atoms with Crippen LogP contribution in [0.2, 0.25) is 0 Å². The van der Waals surface area contributed by atoms with E-state index in [1.165, 1.54) is 20.1 Å². The van der Waals surface area contributed by atoms with Crippen LogP contribution in [0.5, 0.6) is 11.5 Å². The van der Waals surface area contributed by atoms with Crippen LogP contribution in [0.25, 0.3) is 0 Å². The topological polar surface area (TPSA) is 89.6 Å². The summed E-state index contributed by atoms with van der Waals surface area (Å²) in [5.41, 5.74) is 5.87. The third-order valence-electron chi connectivity index (χ3n) is 2.39. The van der Waals surface area contributed by atoms with E-state index < -0.39 is 5.91 Å². The number of primary amides is 1. The van der Waals surface area contributed by atoms with Crippen molar-refractivity contribution in [3.05, 3.63) is 23.3 Å². The molecular formula is C12H15NO4. The first-order chi connectivity index (χ1) is 7.95. The molecule has 0 aliphatic rings. The lowest BCUT2D eigenvalue weighted by molar-refractivity contribution is -0.116. The Kier molecular flexibility index (Phi) is 4.09. The van der Waals surface area contributed by atoms with Gasteiger partial charge in [0, 0.05) is 6.42 Å². The highest BCUT2D eigenvalue weighted by molar-refractivity contribution is 5.96. The zero-order valence-corrected chi connectivity index (χ0v) is 9.82. The highest BCUT2D eigenvalue weighted by atomic mass is 16.5. The van der Waals surface area contributed by atoms with Crippen molar-refractivity contribution >= 4 is 11.7 Å². The molecule has 3 N–H and O–H groups in total. The van der Waals surface area contributed by atoms with Crippen molar-refractivity contribution in [2.75, 3.05) is 7.11 Å². The molecule has 0 spiro atoms. The Balaban J connectivity index is 3.11. The molecule has 1 amide bonds. The largest absolute Gasteiger partial charge is 0.504 e. The normalized spacial score (nSPS) is 10.0. The molecule has 0 fully saturated rings. The lowest BCUT2D eigenvalue weighted by Gasteiger charge is -2.09. The first-order valence-electron chi connectivity index (χ1n) is 5.14. The maximum atomic E-state index is 11.1. The molecule has 0 heterocycles. The molecule has 5 heteroatoms. The van der Waals surface area contributed by atoms with Crippen molar-refractivity contribution < 1.29 is 19.4 Å². The molecule has 1 rings (SSSR count). The molecule has 0 radical (unpaired) electrons. The van der Waals surface area contributed by atoms with E-state index >= 15 is 0 Å². The highest BCUT2D eigenvalue weighted by Gasteiger charge is 2.14. The average Bonchev–Trinajstić information content (AvgIpc) is 2.27. The van der Waals surface area contributed by atoms with Crippen molar-refractivity contribution in [1.82, 2.24) is 0 Å². The number of ketones is 1. The van der Waals surface area contributed by atoms with Crippen LogP contribution in [-0.2, 0) is 11.2 Å². The predicted molar refractivity (Wildman–Crippen MR) is 62.2 cm³/mol. The number of hydrogen-bond donors (Lipinski definition) is 2. The molecule has 1 aromatic rings. The molecule has 0 saturated heterocycles. The molecule has 0 saturated carbocycles. The van der Waals surface area contributed by atoms with Gasteiger partial charge < -0.3 is 20.4 Å². The molecule has 0 aliphatic carbocycles. The first-order valence-corrected chi connectivity index (χ1v) is 5.14. The van der Waals surface area contributed by atoms with E-state index in [9.17, 15) is 14.7 Å². The van der Waals surface area contributed by atoms with Gasteiger partial charge in [0.2, 0.25) is 0 Å². The molecule has 0 unspecified atom stereocenters. The summed E-state index contributed by atoms with van der Waals surface area (Å²) in [5, 5.41) is 9.67. The third kappa shape index (κ3) is 3.21. The van der Waals surface area contributed by atoms with Crippen LogP contribution in [0.4, 0.5) is 0 Å². The van der Waals surface area contributed by atoms with E-state index in [0.717, 1.165) is 5.56 Å². The minimum Gasteiger partial charge on any atom is -0.504 e. The lowest BCUT2D eigenvalue weighted by atomic mass is 10.0. The quantitative estimate of drug-likeness (QED) is 0.800. The van der Waals surface area contributed by atoms with Crippen LogP contribution in [0.15, 0.2) is 12.1 Å². The van der Waals surface area contributed by atoms with Gasteiger partial charge in [-0.3, -0.25) is 4.79 Å². The van der Waals surface area contributed by atoms with E-state index in [1.807, 2.05) is 0 Å². The number of benzene rings is 1. The minimum atomic E-state index is -0.731.